The Morgan fingerprint density at radius 3 is 1.83 bits per heavy atom. The summed E-state index contributed by atoms with van der Waals surface area (Å²) in [4.78, 5) is 0. The smallest absolute Gasteiger partial charge is 0.159 e. The van der Waals surface area contributed by atoms with Crippen LogP contribution in [0.4, 0.5) is 11.4 Å². The van der Waals surface area contributed by atoms with Crippen LogP contribution in [0.25, 0.3) is 76.5 Å². The van der Waals surface area contributed by atoms with E-state index >= 15 is 0 Å². The molecular weight excluding hydrogens is 571 g/mol. The van der Waals surface area contributed by atoms with Gasteiger partial charge in [-0.3, -0.25) is 0 Å². The molecule has 224 valence electrons. The Hall–Kier alpha value is -5.86. The van der Waals surface area contributed by atoms with Gasteiger partial charge in [0.05, 0.1) is 5.69 Å². The monoisotopic (exact) mass is 603 g/mol. The lowest BCUT2D eigenvalue weighted by Gasteiger charge is -2.15. The molecule has 2 nitrogen and oxygen atoms in total. The zero-order valence-electron chi connectivity index (χ0n) is 26.4. The predicted octanol–water partition coefficient (Wildman–Crippen LogP) is 13.2. The van der Waals surface area contributed by atoms with Crippen molar-refractivity contribution in [2.24, 2.45) is 0 Å². The topological polar surface area (TPSA) is 25.2 Å². The number of furan rings is 1. The number of fused-ring (bicyclic) bond motifs is 7. The first-order chi connectivity index (χ1) is 23.1. The summed E-state index contributed by atoms with van der Waals surface area (Å²) < 4.78 is 6.77. The van der Waals surface area contributed by atoms with E-state index in [0.717, 1.165) is 38.9 Å². The van der Waals surface area contributed by atoms with Crippen molar-refractivity contribution in [3.05, 3.63) is 157 Å². The largest absolute Gasteiger partial charge is 0.454 e. The second kappa shape index (κ2) is 10.9. The molecule has 9 rings (SSSR count). The van der Waals surface area contributed by atoms with Gasteiger partial charge in [0.1, 0.15) is 5.58 Å². The van der Waals surface area contributed by atoms with Crippen molar-refractivity contribution in [3.63, 3.8) is 0 Å². The van der Waals surface area contributed by atoms with Crippen molar-refractivity contribution >= 4 is 65.6 Å². The molecule has 0 spiro atoms. The molecule has 0 radical (unpaired) electrons. The highest BCUT2D eigenvalue weighted by atomic mass is 16.3. The summed E-state index contributed by atoms with van der Waals surface area (Å²) in [5.41, 5.74) is 9.88. The lowest BCUT2D eigenvalue weighted by atomic mass is 9.96. The Kier molecular flexibility index (Phi) is 6.36. The van der Waals surface area contributed by atoms with Gasteiger partial charge in [0, 0.05) is 22.0 Å². The van der Waals surface area contributed by atoms with Gasteiger partial charge in [-0.05, 0) is 90.8 Å². The maximum Gasteiger partial charge on any atom is 0.159 e. The molecule has 0 fully saturated rings. The zero-order chi connectivity index (χ0) is 31.5. The van der Waals surface area contributed by atoms with Crippen LogP contribution in [0.3, 0.4) is 0 Å². The molecule has 0 aliphatic carbocycles. The van der Waals surface area contributed by atoms with Gasteiger partial charge in [-0.1, -0.05) is 135 Å². The van der Waals surface area contributed by atoms with Crippen molar-refractivity contribution in [1.82, 2.24) is 0 Å². The predicted molar refractivity (Wildman–Crippen MR) is 201 cm³/mol. The molecule has 0 amide bonds. The van der Waals surface area contributed by atoms with Crippen LogP contribution < -0.4 is 5.32 Å². The average molecular weight is 604 g/mol. The Bertz CT molecular complexity index is 2640. The Balaban J connectivity index is 1.14. The molecule has 0 saturated carbocycles. The number of hydrogen-bond acceptors (Lipinski definition) is 2. The number of hydrogen-bond donors (Lipinski definition) is 1. The summed E-state index contributed by atoms with van der Waals surface area (Å²) in [6.07, 6.45) is 0. The number of anilines is 2. The highest BCUT2D eigenvalue weighted by Gasteiger charge is 2.19. The molecule has 2 heteroatoms. The van der Waals surface area contributed by atoms with Gasteiger partial charge < -0.3 is 9.73 Å². The summed E-state index contributed by atoms with van der Waals surface area (Å²) in [5, 5.41) is 13.5. The number of benzene rings is 8. The molecule has 9 aromatic rings. The minimum atomic E-state index is 0.360. The van der Waals surface area contributed by atoms with Crippen LogP contribution in [0, 0.1) is 0 Å². The second-order valence-corrected chi connectivity index (χ2v) is 12.8. The van der Waals surface area contributed by atoms with E-state index in [1.54, 1.807) is 0 Å². The quantitative estimate of drug-likeness (QED) is 0.212. The van der Waals surface area contributed by atoms with E-state index in [2.05, 4.69) is 171 Å². The minimum Gasteiger partial charge on any atom is -0.454 e. The van der Waals surface area contributed by atoms with E-state index in [-0.39, 0.29) is 0 Å². The first-order valence-electron chi connectivity index (χ1n) is 16.4. The lowest BCUT2D eigenvalue weighted by Crippen LogP contribution is -1.94. The van der Waals surface area contributed by atoms with Crippen molar-refractivity contribution in [3.8, 4) is 22.3 Å². The first-order valence-corrected chi connectivity index (χ1v) is 16.4. The van der Waals surface area contributed by atoms with Gasteiger partial charge >= 0.3 is 0 Å². The van der Waals surface area contributed by atoms with Gasteiger partial charge in [-0.15, -0.1) is 0 Å². The number of rotatable bonds is 5. The molecule has 8 aromatic carbocycles. The fourth-order valence-corrected chi connectivity index (χ4v) is 7.17. The molecule has 1 N–H and O–H groups in total. The van der Waals surface area contributed by atoms with Crippen molar-refractivity contribution in [1.29, 1.82) is 0 Å². The fraction of sp³-hybridized carbons (Fsp3) is 0.0667. The summed E-state index contributed by atoms with van der Waals surface area (Å²) in [7, 11) is 0. The normalized spacial score (nSPS) is 11.8. The van der Waals surface area contributed by atoms with Crippen LogP contribution in [-0.4, -0.2) is 0 Å². The zero-order valence-corrected chi connectivity index (χ0v) is 26.4. The molecule has 0 unspecified atom stereocenters. The highest BCUT2D eigenvalue weighted by molar-refractivity contribution is 6.23. The van der Waals surface area contributed by atoms with E-state index in [4.69, 9.17) is 4.42 Å². The fourth-order valence-electron chi connectivity index (χ4n) is 7.17. The summed E-state index contributed by atoms with van der Waals surface area (Å²) in [6.45, 7) is 4.45. The van der Waals surface area contributed by atoms with Crippen LogP contribution in [0.1, 0.15) is 25.3 Å². The van der Waals surface area contributed by atoms with E-state index in [1.165, 1.54) is 54.6 Å². The molecule has 0 atom stereocenters. The van der Waals surface area contributed by atoms with Gasteiger partial charge in [0.2, 0.25) is 0 Å². The van der Waals surface area contributed by atoms with Gasteiger partial charge in [0.15, 0.2) is 5.58 Å². The van der Waals surface area contributed by atoms with E-state index in [9.17, 15) is 0 Å². The van der Waals surface area contributed by atoms with Gasteiger partial charge in [-0.25, -0.2) is 0 Å². The van der Waals surface area contributed by atoms with Crippen molar-refractivity contribution < 1.29 is 4.42 Å². The molecule has 0 bridgehead atoms. The SMILES string of the molecule is CC(C)c1cccc2c1oc1c(Nc3ccccc3-c3ccc4cc(-c5ccc6ccccc6c5)ccc4c3)cc3ccccc3c12. The van der Waals surface area contributed by atoms with Crippen molar-refractivity contribution in [2.45, 2.75) is 19.8 Å². The maximum atomic E-state index is 6.77. The molecule has 1 heterocycles. The van der Waals surface area contributed by atoms with E-state index in [1.807, 2.05) is 0 Å². The lowest BCUT2D eigenvalue weighted by molar-refractivity contribution is 0.658. The minimum absolute atomic E-state index is 0.360. The van der Waals surface area contributed by atoms with Gasteiger partial charge in [-0.2, -0.15) is 0 Å². The third-order valence-corrected chi connectivity index (χ3v) is 9.57. The molecule has 0 saturated heterocycles. The van der Waals surface area contributed by atoms with E-state index in [0.29, 0.717) is 5.92 Å². The molecule has 47 heavy (non-hydrogen) atoms. The summed E-state index contributed by atoms with van der Waals surface area (Å²) in [6, 6.07) is 54.7. The van der Waals surface area contributed by atoms with Crippen LogP contribution >= 0.6 is 0 Å². The average Bonchev–Trinajstić information content (AvgIpc) is 3.52. The third kappa shape index (κ3) is 4.64. The second-order valence-electron chi connectivity index (χ2n) is 12.8. The molecule has 1 aromatic heterocycles. The maximum absolute atomic E-state index is 6.77. The Morgan fingerprint density at radius 2 is 1.04 bits per heavy atom. The molecule has 0 aliphatic rings. The van der Waals surface area contributed by atoms with Crippen LogP contribution in [0.5, 0.6) is 0 Å². The molecule has 0 aliphatic heterocycles. The number of para-hydroxylation sites is 2. The van der Waals surface area contributed by atoms with Crippen LogP contribution in [0.15, 0.2) is 156 Å². The summed E-state index contributed by atoms with van der Waals surface area (Å²) >= 11 is 0. The van der Waals surface area contributed by atoms with Crippen LogP contribution in [0.2, 0.25) is 0 Å². The highest BCUT2D eigenvalue weighted by Crippen LogP contribution is 2.43. The Labute approximate surface area is 273 Å². The van der Waals surface area contributed by atoms with Crippen LogP contribution in [-0.2, 0) is 0 Å². The Morgan fingerprint density at radius 1 is 0.447 bits per heavy atom. The first kappa shape index (κ1) is 27.5. The van der Waals surface area contributed by atoms with Gasteiger partial charge in [0.25, 0.3) is 0 Å². The molecular formula is C45H33NO. The standard InChI is InChI=1S/C45H33NO/c1-28(2)37-15-9-16-40-43-39-14-6-5-12-35(39)27-42(45(43)47-44(37)40)46-41-17-8-7-13-38(41)36-23-22-33-25-32(20-21-34(33)26-36)31-19-18-29-10-3-4-11-30(29)24-31/h3-28,46H,1-2H3. The van der Waals surface area contributed by atoms with Crippen molar-refractivity contribution in [2.75, 3.05) is 5.32 Å². The summed E-state index contributed by atoms with van der Waals surface area (Å²) in [5.74, 6) is 0.360. The third-order valence-electron chi connectivity index (χ3n) is 9.57. The van der Waals surface area contributed by atoms with E-state index < -0.39 is 0 Å². The number of nitrogens with one attached hydrogen (secondary N) is 1.